The van der Waals surface area contributed by atoms with Crippen LogP contribution in [0.1, 0.15) is 19.3 Å². The predicted octanol–water partition coefficient (Wildman–Crippen LogP) is 2.46. The van der Waals surface area contributed by atoms with E-state index in [0.717, 1.165) is 0 Å². The van der Waals surface area contributed by atoms with E-state index in [1.165, 1.54) is 0 Å². The number of alkyl halides is 3. The van der Waals surface area contributed by atoms with E-state index < -0.39 is 12.6 Å². The quantitative estimate of drug-likeness (QED) is 0.821. The van der Waals surface area contributed by atoms with Crippen LogP contribution in [0.25, 0.3) is 5.65 Å². The Labute approximate surface area is 107 Å². The number of imidazole rings is 1. The van der Waals surface area contributed by atoms with Gasteiger partial charge in [-0.1, -0.05) is 0 Å². The Kier molecular flexibility index (Phi) is 3.77. The number of halogens is 3. The van der Waals surface area contributed by atoms with E-state index in [4.69, 9.17) is 5.73 Å². The van der Waals surface area contributed by atoms with Crippen LogP contribution < -0.4 is 11.1 Å². The van der Waals surface area contributed by atoms with Crippen LogP contribution in [0, 0.1) is 0 Å². The third-order valence-electron chi connectivity index (χ3n) is 2.57. The first-order valence-corrected chi connectivity index (χ1v) is 5.85. The molecule has 0 radical (unpaired) electrons. The van der Waals surface area contributed by atoms with E-state index in [1.54, 1.807) is 23.0 Å². The lowest BCUT2D eigenvalue weighted by Gasteiger charge is -2.09. The molecule has 0 saturated heterocycles. The Bertz CT molecular complexity index is 549. The number of hydrogen-bond acceptors (Lipinski definition) is 4. The molecule has 2 rings (SSSR count). The first-order valence-electron chi connectivity index (χ1n) is 5.85. The fourth-order valence-corrected chi connectivity index (χ4v) is 1.73. The molecule has 0 saturated carbocycles. The summed E-state index contributed by atoms with van der Waals surface area (Å²) < 4.78 is 37.6. The molecule has 2 aromatic heterocycles. The van der Waals surface area contributed by atoms with Gasteiger partial charge in [-0.2, -0.15) is 13.2 Å². The van der Waals surface area contributed by atoms with Crippen molar-refractivity contribution in [3.05, 3.63) is 18.6 Å². The van der Waals surface area contributed by atoms with Crippen LogP contribution in [-0.4, -0.2) is 27.1 Å². The van der Waals surface area contributed by atoms with Crippen molar-refractivity contribution in [3.8, 4) is 0 Å². The molecule has 0 atom stereocenters. The van der Waals surface area contributed by atoms with Gasteiger partial charge in [0.2, 0.25) is 0 Å². The summed E-state index contributed by atoms with van der Waals surface area (Å²) in [6.45, 7) is 0.398. The predicted molar refractivity (Wildman–Crippen MR) is 65.8 cm³/mol. The number of nitrogen functional groups attached to an aromatic ring is 1. The second-order valence-corrected chi connectivity index (χ2v) is 4.17. The summed E-state index contributed by atoms with van der Waals surface area (Å²) in [6.07, 6.45) is 0.584. The van der Waals surface area contributed by atoms with E-state index in [-0.39, 0.29) is 6.42 Å². The second kappa shape index (κ2) is 5.33. The van der Waals surface area contributed by atoms with Gasteiger partial charge in [-0.05, 0) is 12.8 Å². The van der Waals surface area contributed by atoms with Crippen LogP contribution in [0.5, 0.6) is 0 Å². The Morgan fingerprint density at radius 1 is 1.32 bits per heavy atom. The van der Waals surface area contributed by atoms with Gasteiger partial charge in [0.25, 0.3) is 0 Å². The standard InChI is InChI=1S/C11H14F3N5/c12-11(13,14)3-1-2-4-16-9-10-17-5-6-19(10)7-8(15)18-9/h5-7H,1-4,15H2,(H,16,18). The van der Waals surface area contributed by atoms with Crippen LogP contribution in [0.15, 0.2) is 18.6 Å². The summed E-state index contributed by atoms with van der Waals surface area (Å²) in [6, 6.07) is 0. The molecule has 0 amide bonds. The Morgan fingerprint density at radius 2 is 2.11 bits per heavy atom. The molecule has 2 aromatic rings. The molecule has 0 unspecified atom stereocenters. The number of aromatic nitrogens is 3. The van der Waals surface area contributed by atoms with Gasteiger partial charge >= 0.3 is 6.18 Å². The fraction of sp³-hybridized carbons (Fsp3) is 0.455. The van der Waals surface area contributed by atoms with Crippen LogP contribution in [0.2, 0.25) is 0 Å². The highest BCUT2D eigenvalue weighted by molar-refractivity contribution is 5.64. The van der Waals surface area contributed by atoms with Crippen LogP contribution >= 0.6 is 0 Å². The molecule has 8 heteroatoms. The largest absolute Gasteiger partial charge is 0.389 e. The molecule has 0 aliphatic heterocycles. The van der Waals surface area contributed by atoms with Crippen LogP contribution in [0.3, 0.4) is 0 Å². The van der Waals surface area contributed by atoms with Crippen LogP contribution in [0.4, 0.5) is 24.8 Å². The number of nitrogens with two attached hydrogens (primary N) is 1. The fourth-order valence-electron chi connectivity index (χ4n) is 1.73. The Hall–Kier alpha value is -1.99. The molecule has 104 valence electrons. The number of nitrogens with one attached hydrogen (secondary N) is 1. The Balaban J connectivity index is 1.89. The molecule has 0 aliphatic rings. The summed E-state index contributed by atoms with van der Waals surface area (Å²) in [5.74, 6) is 0.806. The lowest BCUT2D eigenvalue weighted by atomic mass is 10.2. The van der Waals surface area contributed by atoms with E-state index in [2.05, 4.69) is 15.3 Å². The van der Waals surface area contributed by atoms with E-state index in [1.807, 2.05) is 0 Å². The minimum Gasteiger partial charge on any atom is -0.382 e. The lowest BCUT2D eigenvalue weighted by molar-refractivity contribution is -0.135. The van der Waals surface area contributed by atoms with Crippen LogP contribution in [-0.2, 0) is 0 Å². The zero-order chi connectivity index (χ0) is 13.9. The van der Waals surface area contributed by atoms with Crippen molar-refractivity contribution in [2.75, 3.05) is 17.6 Å². The number of nitrogens with zero attached hydrogens (tertiary/aromatic N) is 3. The highest BCUT2D eigenvalue weighted by Crippen LogP contribution is 2.22. The van der Waals surface area contributed by atoms with Crippen molar-refractivity contribution in [1.29, 1.82) is 0 Å². The minimum atomic E-state index is -4.09. The molecule has 0 fully saturated rings. The maximum Gasteiger partial charge on any atom is 0.389 e. The van der Waals surface area contributed by atoms with Crippen molar-refractivity contribution >= 4 is 17.3 Å². The van der Waals surface area contributed by atoms with Crippen molar-refractivity contribution in [2.24, 2.45) is 0 Å². The monoisotopic (exact) mass is 273 g/mol. The average Bonchev–Trinajstić information content (AvgIpc) is 2.74. The zero-order valence-corrected chi connectivity index (χ0v) is 10.1. The van der Waals surface area contributed by atoms with Gasteiger partial charge in [0, 0.05) is 25.4 Å². The van der Waals surface area contributed by atoms with Crippen molar-refractivity contribution < 1.29 is 13.2 Å². The van der Waals surface area contributed by atoms with Gasteiger partial charge in [-0.3, -0.25) is 0 Å². The van der Waals surface area contributed by atoms with Crippen molar-refractivity contribution in [1.82, 2.24) is 14.4 Å². The highest BCUT2D eigenvalue weighted by atomic mass is 19.4. The first kappa shape index (κ1) is 13.4. The van der Waals surface area contributed by atoms with E-state index in [0.29, 0.717) is 30.2 Å². The maximum atomic E-state index is 12.0. The summed E-state index contributed by atoms with van der Waals surface area (Å²) >= 11 is 0. The van der Waals surface area contributed by atoms with Gasteiger partial charge in [-0.15, -0.1) is 0 Å². The number of anilines is 2. The zero-order valence-electron chi connectivity index (χ0n) is 10.1. The first-order chi connectivity index (χ1) is 8.96. The van der Waals surface area contributed by atoms with Gasteiger partial charge in [0.15, 0.2) is 11.5 Å². The van der Waals surface area contributed by atoms with Gasteiger partial charge in [-0.25, -0.2) is 9.97 Å². The van der Waals surface area contributed by atoms with E-state index >= 15 is 0 Å². The summed E-state index contributed by atoms with van der Waals surface area (Å²) in [4.78, 5) is 8.18. The molecule has 0 aliphatic carbocycles. The maximum absolute atomic E-state index is 12.0. The normalized spacial score (nSPS) is 11.9. The molecule has 5 nitrogen and oxygen atoms in total. The van der Waals surface area contributed by atoms with Crippen molar-refractivity contribution in [3.63, 3.8) is 0 Å². The molecular weight excluding hydrogens is 259 g/mol. The molecule has 0 bridgehead atoms. The van der Waals surface area contributed by atoms with Crippen molar-refractivity contribution in [2.45, 2.75) is 25.4 Å². The average molecular weight is 273 g/mol. The molecule has 0 aromatic carbocycles. The smallest absolute Gasteiger partial charge is 0.382 e. The molecular formula is C11H14F3N5. The molecule has 19 heavy (non-hydrogen) atoms. The third-order valence-corrected chi connectivity index (χ3v) is 2.57. The molecule has 0 spiro atoms. The SMILES string of the molecule is Nc1cn2ccnc2c(NCCCCC(F)(F)F)n1. The number of unbranched alkanes of at least 4 members (excludes halogenated alkanes) is 1. The number of fused-ring (bicyclic) bond motifs is 1. The highest BCUT2D eigenvalue weighted by Gasteiger charge is 2.25. The minimum absolute atomic E-state index is 0.0868. The van der Waals surface area contributed by atoms with Gasteiger partial charge < -0.3 is 15.5 Å². The van der Waals surface area contributed by atoms with Gasteiger partial charge in [0.05, 0.1) is 6.20 Å². The second-order valence-electron chi connectivity index (χ2n) is 4.17. The molecule has 2 heterocycles. The summed E-state index contributed by atoms with van der Waals surface area (Å²) in [5, 5.41) is 2.96. The summed E-state index contributed by atoms with van der Waals surface area (Å²) in [5.41, 5.74) is 6.22. The number of hydrogen-bond donors (Lipinski definition) is 2. The molecule has 3 N–H and O–H groups in total. The lowest BCUT2D eigenvalue weighted by Crippen LogP contribution is -2.10. The Morgan fingerprint density at radius 3 is 2.84 bits per heavy atom. The summed E-state index contributed by atoms with van der Waals surface area (Å²) in [7, 11) is 0. The topological polar surface area (TPSA) is 68.2 Å². The van der Waals surface area contributed by atoms with Gasteiger partial charge in [0.1, 0.15) is 5.82 Å². The van der Waals surface area contributed by atoms with E-state index in [9.17, 15) is 13.2 Å². The third kappa shape index (κ3) is 3.73. The number of rotatable bonds is 5.